The van der Waals surface area contributed by atoms with E-state index in [-0.39, 0.29) is 12.1 Å². The number of rotatable bonds is 4. The third kappa shape index (κ3) is 3.19. The summed E-state index contributed by atoms with van der Waals surface area (Å²) in [4.78, 5) is 21.9. The zero-order chi connectivity index (χ0) is 14.7. The van der Waals surface area contributed by atoms with Crippen molar-refractivity contribution in [2.45, 2.75) is 32.9 Å². The first-order valence-corrected chi connectivity index (χ1v) is 7.14. The summed E-state index contributed by atoms with van der Waals surface area (Å²) in [6, 6.07) is -0.00756. The molecular weight excluding hydrogens is 278 g/mol. The van der Waals surface area contributed by atoms with Crippen molar-refractivity contribution in [3.05, 3.63) is 10.7 Å². The summed E-state index contributed by atoms with van der Waals surface area (Å²) in [6.07, 6.45) is 0.916. The highest BCUT2D eigenvalue weighted by atomic mass is 35.5. The molecular formula is C13H20ClN5O. The molecule has 0 aromatic carbocycles. The minimum absolute atomic E-state index is 0.248. The number of anilines is 2. The molecule has 6 nitrogen and oxygen atoms in total. The summed E-state index contributed by atoms with van der Waals surface area (Å²) in [7, 11) is 0. The predicted molar refractivity (Wildman–Crippen MR) is 80.6 cm³/mol. The second kappa shape index (κ2) is 6.37. The van der Waals surface area contributed by atoms with Crippen molar-refractivity contribution < 1.29 is 4.79 Å². The van der Waals surface area contributed by atoms with Crippen LogP contribution in [-0.2, 0) is 4.79 Å². The fourth-order valence-corrected chi connectivity index (χ4v) is 2.28. The highest BCUT2D eigenvalue weighted by molar-refractivity contribution is 6.30. The lowest BCUT2D eigenvalue weighted by atomic mass is 10.2. The molecule has 0 radical (unpaired) electrons. The van der Waals surface area contributed by atoms with Crippen LogP contribution in [0.1, 0.15) is 19.4 Å². The lowest BCUT2D eigenvalue weighted by Crippen LogP contribution is -2.53. The fraction of sp³-hybridized carbons (Fsp3) is 0.615. The van der Waals surface area contributed by atoms with E-state index in [1.807, 2.05) is 25.7 Å². The van der Waals surface area contributed by atoms with Crippen LogP contribution in [0.2, 0.25) is 5.15 Å². The number of aldehydes is 1. The number of hydrogen-bond donors (Lipinski definition) is 2. The van der Waals surface area contributed by atoms with E-state index in [1.165, 1.54) is 0 Å². The molecule has 1 saturated heterocycles. The quantitative estimate of drug-likeness (QED) is 0.643. The van der Waals surface area contributed by atoms with Gasteiger partial charge in [-0.3, -0.25) is 0 Å². The van der Waals surface area contributed by atoms with E-state index in [1.54, 1.807) is 0 Å². The van der Waals surface area contributed by atoms with Crippen LogP contribution in [0.15, 0.2) is 0 Å². The summed E-state index contributed by atoms with van der Waals surface area (Å²) < 4.78 is 0. The van der Waals surface area contributed by atoms with Gasteiger partial charge in [-0.05, 0) is 20.8 Å². The Bertz CT molecular complexity index is 494. The Kier molecular flexibility index (Phi) is 4.77. The van der Waals surface area contributed by atoms with E-state index in [9.17, 15) is 4.79 Å². The maximum Gasteiger partial charge on any atom is 0.229 e. The van der Waals surface area contributed by atoms with Crippen molar-refractivity contribution >= 4 is 29.7 Å². The van der Waals surface area contributed by atoms with Gasteiger partial charge in [0.1, 0.15) is 17.3 Å². The minimum atomic E-state index is -0.255. The Labute approximate surface area is 123 Å². The molecule has 0 spiro atoms. The molecule has 1 fully saturated rings. The largest absolute Gasteiger partial charge is 0.367 e. The zero-order valence-electron chi connectivity index (χ0n) is 12.0. The van der Waals surface area contributed by atoms with Crippen LogP contribution in [0.3, 0.4) is 0 Å². The molecule has 0 aliphatic carbocycles. The number of nitrogens with one attached hydrogen (secondary N) is 2. The molecule has 110 valence electrons. The molecule has 2 N–H and O–H groups in total. The fourth-order valence-electron chi connectivity index (χ4n) is 2.12. The van der Waals surface area contributed by atoms with Crippen LogP contribution in [0, 0.1) is 6.92 Å². The number of carbonyl (C=O) groups excluding carboxylic acids is 1. The predicted octanol–water partition coefficient (Wildman–Crippen LogP) is 1.24. The SMILES string of the molecule is Cc1c(Cl)nc(N2CCNCC2C=O)nc1NC(C)C. The second-order valence-electron chi connectivity index (χ2n) is 5.19. The van der Waals surface area contributed by atoms with Crippen molar-refractivity contribution in [3.63, 3.8) is 0 Å². The lowest BCUT2D eigenvalue weighted by molar-refractivity contribution is -0.109. The van der Waals surface area contributed by atoms with E-state index in [4.69, 9.17) is 11.6 Å². The summed E-state index contributed by atoms with van der Waals surface area (Å²) >= 11 is 6.19. The maximum absolute atomic E-state index is 11.2. The molecule has 1 aliphatic heterocycles. The van der Waals surface area contributed by atoms with E-state index in [0.717, 1.165) is 24.2 Å². The van der Waals surface area contributed by atoms with Gasteiger partial charge in [-0.1, -0.05) is 11.6 Å². The number of aromatic nitrogens is 2. The monoisotopic (exact) mass is 297 g/mol. The molecule has 1 aliphatic rings. The van der Waals surface area contributed by atoms with Gasteiger partial charge >= 0.3 is 0 Å². The molecule has 2 heterocycles. The molecule has 7 heteroatoms. The molecule has 0 bridgehead atoms. The van der Waals surface area contributed by atoms with Gasteiger partial charge in [-0.15, -0.1) is 0 Å². The molecule has 0 amide bonds. The van der Waals surface area contributed by atoms with Gasteiger partial charge in [-0.2, -0.15) is 4.98 Å². The van der Waals surface area contributed by atoms with Crippen LogP contribution in [0.5, 0.6) is 0 Å². The zero-order valence-corrected chi connectivity index (χ0v) is 12.7. The molecule has 0 saturated carbocycles. The second-order valence-corrected chi connectivity index (χ2v) is 5.55. The molecule has 1 aromatic heterocycles. The summed E-state index contributed by atoms with van der Waals surface area (Å²) in [5.74, 6) is 1.22. The van der Waals surface area contributed by atoms with E-state index >= 15 is 0 Å². The van der Waals surface area contributed by atoms with Crippen molar-refractivity contribution in [1.82, 2.24) is 15.3 Å². The number of halogens is 1. The van der Waals surface area contributed by atoms with Gasteiger partial charge in [0.05, 0.1) is 6.04 Å². The number of hydrogen-bond acceptors (Lipinski definition) is 6. The van der Waals surface area contributed by atoms with Gasteiger partial charge in [-0.25, -0.2) is 4.98 Å². The van der Waals surface area contributed by atoms with Gasteiger partial charge in [0, 0.05) is 31.2 Å². The molecule has 1 atom stereocenters. The van der Waals surface area contributed by atoms with Gasteiger partial charge in [0.25, 0.3) is 0 Å². The van der Waals surface area contributed by atoms with Crippen molar-refractivity contribution in [2.24, 2.45) is 0 Å². The Hall–Kier alpha value is -1.40. The molecule has 20 heavy (non-hydrogen) atoms. The average Bonchev–Trinajstić information content (AvgIpc) is 2.43. The third-order valence-corrected chi connectivity index (χ3v) is 3.57. The molecule has 1 aromatic rings. The molecule has 2 rings (SSSR count). The Morgan fingerprint density at radius 1 is 1.50 bits per heavy atom. The summed E-state index contributed by atoms with van der Waals surface area (Å²) in [5.41, 5.74) is 0.821. The summed E-state index contributed by atoms with van der Waals surface area (Å²) in [5, 5.41) is 6.86. The van der Waals surface area contributed by atoms with Crippen molar-refractivity contribution in [3.8, 4) is 0 Å². The average molecular weight is 298 g/mol. The van der Waals surface area contributed by atoms with Crippen molar-refractivity contribution in [1.29, 1.82) is 0 Å². The van der Waals surface area contributed by atoms with Gasteiger partial charge in [0.15, 0.2) is 0 Å². The Morgan fingerprint density at radius 2 is 2.25 bits per heavy atom. The third-order valence-electron chi connectivity index (χ3n) is 3.20. The minimum Gasteiger partial charge on any atom is -0.367 e. The Balaban J connectivity index is 2.35. The first kappa shape index (κ1) is 15.0. The Morgan fingerprint density at radius 3 is 2.90 bits per heavy atom. The van der Waals surface area contributed by atoms with Crippen LogP contribution in [0.25, 0.3) is 0 Å². The number of carbonyl (C=O) groups is 1. The lowest BCUT2D eigenvalue weighted by Gasteiger charge is -2.33. The number of piperazine rings is 1. The van der Waals surface area contributed by atoms with Gasteiger partial charge < -0.3 is 20.3 Å². The maximum atomic E-state index is 11.2. The normalized spacial score (nSPS) is 19.2. The standard InChI is InChI=1S/C13H20ClN5O/c1-8(2)16-12-9(3)11(14)17-13(18-12)19-5-4-15-6-10(19)7-20/h7-8,10,15H,4-6H2,1-3H3,(H,16,17,18). The van der Waals surface area contributed by atoms with Gasteiger partial charge in [0.2, 0.25) is 5.95 Å². The van der Waals surface area contributed by atoms with Crippen LogP contribution < -0.4 is 15.5 Å². The first-order chi connectivity index (χ1) is 9.52. The van der Waals surface area contributed by atoms with E-state index < -0.39 is 0 Å². The first-order valence-electron chi connectivity index (χ1n) is 6.76. The van der Waals surface area contributed by atoms with E-state index in [2.05, 4.69) is 20.6 Å². The van der Waals surface area contributed by atoms with Crippen molar-refractivity contribution in [2.75, 3.05) is 29.9 Å². The smallest absolute Gasteiger partial charge is 0.229 e. The molecule has 1 unspecified atom stereocenters. The van der Waals surface area contributed by atoms with Crippen LogP contribution >= 0.6 is 11.6 Å². The topological polar surface area (TPSA) is 70.2 Å². The highest BCUT2D eigenvalue weighted by Crippen LogP contribution is 2.25. The van der Waals surface area contributed by atoms with Crippen LogP contribution in [-0.4, -0.2) is 48.0 Å². The van der Waals surface area contributed by atoms with Crippen LogP contribution in [0.4, 0.5) is 11.8 Å². The van der Waals surface area contributed by atoms with E-state index in [0.29, 0.717) is 24.2 Å². The number of nitrogens with zero attached hydrogens (tertiary/aromatic N) is 3. The summed E-state index contributed by atoms with van der Waals surface area (Å²) in [6.45, 7) is 8.04. The highest BCUT2D eigenvalue weighted by Gasteiger charge is 2.25.